The van der Waals surface area contributed by atoms with E-state index in [4.69, 9.17) is 20.4 Å². The molecule has 100 valence electrons. The highest BCUT2D eigenvalue weighted by molar-refractivity contribution is 5.99. The molecule has 1 rings (SSSR count). The second-order valence-electron chi connectivity index (χ2n) is 4.00. The first-order chi connectivity index (χ1) is 8.58. The highest BCUT2D eigenvalue weighted by Gasteiger charge is 2.10. The summed E-state index contributed by atoms with van der Waals surface area (Å²) in [5.41, 5.74) is 6.13. The Morgan fingerprint density at radius 1 is 1.44 bits per heavy atom. The van der Waals surface area contributed by atoms with Crippen LogP contribution in [0.1, 0.15) is 5.56 Å². The molecule has 0 spiro atoms. The zero-order chi connectivity index (χ0) is 13.5. The molecule has 0 aromatic heterocycles. The number of nitrogens with two attached hydrogens (primary N) is 1. The number of amidine groups is 1. The predicted octanol–water partition coefficient (Wildman–Crippen LogP) is 0.730. The maximum absolute atomic E-state index is 8.72. The SMILES string of the molecule is COc1ccc(/C(N)=N/O)c(OCCN(C)C)c1. The van der Waals surface area contributed by atoms with Crippen molar-refractivity contribution in [2.75, 3.05) is 34.4 Å². The molecule has 6 heteroatoms. The molecule has 1 aromatic rings. The molecule has 0 radical (unpaired) electrons. The van der Waals surface area contributed by atoms with Crippen molar-refractivity contribution in [3.05, 3.63) is 23.8 Å². The van der Waals surface area contributed by atoms with E-state index in [1.54, 1.807) is 25.3 Å². The molecule has 0 saturated carbocycles. The molecule has 0 unspecified atom stereocenters. The van der Waals surface area contributed by atoms with Crippen molar-refractivity contribution in [1.29, 1.82) is 0 Å². The minimum atomic E-state index is 0.0116. The zero-order valence-corrected chi connectivity index (χ0v) is 10.9. The van der Waals surface area contributed by atoms with Gasteiger partial charge in [0.05, 0.1) is 12.7 Å². The second kappa shape index (κ2) is 6.70. The number of hydrogen-bond acceptors (Lipinski definition) is 5. The minimum Gasteiger partial charge on any atom is -0.497 e. The van der Waals surface area contributed by atoms with E-state index < -0.39 is 0 Å². The maximum Gasteiger partial charge on any atom is 0.173 e. The largest absolute Gasteiger partial charge is 0.497 e. The minimum absolute atomic E-state index is 0.0116. The highest BCUT2D eigenvalue weighted by Crippen LogP contribution is 2.24. The molecule has 0 heterocycles. The molecule has 0 amide bonds. The number of rotatable bonds is 6. The van der Waals surface area contributed by atoms with Crippen molar-refractivity contribution in [2.24, 2.45) is 10.9 Å². The average molecular weight is 253 g/mol. The molecule has 6 nitrogen and oxygen atoms in total. The summed E-state index contributed by atoms with van der Waals surface area (Å²) in [5, 5.41) is 11.7. The van der Waals surface area contributed by atoms with E-state index in [0.717, 1.165) is 6.54 Å². The summed E-state index contributed by atoms with van der Waals surface area (Å²) in [4.78, 5) is 2.00. The van der Waals surface area contributed by atoms with E-state index in [1.807, 2.05) is 19.0 Å². The van der Waals surface area contributed by atoms with E-state index in [2.05, 4.69) is 5.16 Å². The number of ether oxygens (including phenoxy) is 2. The average Bonchev–Trinajstić information content (AvgIpc) is 2.37. The Morgan fingerprint density at radius 2 is 2.17 bits per heavy atom. The first-order valence-corrected chi connectivity index (χ1v) is 5.52. The Bertz CT molecular complexity index is 419. The zero-order valence-electron chi connectivity index (χ0n) is 10.9. The van der Waals surface area contributed by atoms with Gasteiger partial charge in [-0.2, -0.15) is 0 Å². The fourth-order valence-corrected chi connectivity index (χ4v) is 1.35. The van der Waals surface area contributed by atoms with Gasteiger partial charge in [0, 0.05) is 12.6 Å². The molecule has 0 aliphatic rings. The van der Waals surface area contributed by atoms with Crippen LogP contribution in [0.2, 0.25) is 0 Å². The van der Waals surface area contributed by atoms with Crippen LogP contribution >= 0.6 is 0 Å². The topological polar surface area (TPSA) is 80.3 Å². The van der Waals surface area contributed by atoms with Gasteiger partial charge in [0.25, 0.3) is 0 Å². The van der Waals surface area contributed by atoms with Crippen molar-refractivity contribution in [3.63, 3.8) is 0 Å². The lowest BCUT2D eigenvalue weighted by molar-refractivity contribution is 0.259. The molecule has 1 aromatic carbocycles. The molecule has 18 heavy (non-hydrogen) atoms. The van der Waals surface area contributed by atoms with Gasteiger partial charge in [-0.3, -0.25) is 0 Å². The van der Waals surface area contributed by atoms with Crippen molar-refractivity contribution < 1.29 is 14.7 Å². The molecule has 0 saturated heterocycles. The summed E-state index contributed by atoms with van der Waals surface area (Å²) in [6.07, 6.45) is 0. The van der Waals surface area contributed by atoms with Gasteiger partial charge in [-0.25, -0.2) is 0 Å². The van der Waals surface area contributed by atoms with Gasteiger partial charge in [-0.05, 0) is 26.2 Å². The lowest BCUT2D eigenvalue weighted by Gasteiger charge is -2.14. The lowest BCUT2D eigenvalue weighted by atomic mass is 10.2. The molecular weight excluding hydrogens is 234 g/mol. The van der Waals surface area contributed by atoms with E-state index in [9.17, 15) is 0 Å². The highest BCUT2D eigenvalue weighted by atomic mass is 16.5. The third-order valence-corrected chi connectivity index (χ3v) is 2.37. The Hall–Kier alpha value is -1.95. The summed E-state index contributed by atoms with van der Waals surface area (Å²) in [7, 11) is 5.49. The lowest BCUT2D eigenvalue weighted by Crippen LogP contribution is -2.21. The van der Waals surface area contributed by atoms with Crippen LogP contribution in [0.15, 0.2) is 23.4 Å². The summed E-state index contributed by atoms with van der Waals surface area (Å²) < 4.78 is 10.7. The van der Waals surface area contributed by atoms with E-state index in [0.29, 0.717) is 23.7 Å². The summed E-state index contributed by atoms with van der Waals surface area (Å²) in [6.45, 7) is 1.28. The smallest absolute Gasteiger partial charge is 0.173 e. The van der Waals surface area contributed by atoms with Crippen LogP contribution in [0.5, 0.6) is 11.5 Å². The summed E-state index contributed by atoms with van der Waals surface area (Å²) >= 11 is 0. The van der Waals surface area contributed by atoms with Gasteiger partial charge in [-0.15, -0.1) is 0 Å². The Balaban J connectivity index is 2.90. The van der Waals surface area contributed by atoms with Crippen molar-refractivity contribution in [2.45, 2.75) is 0 Å². The molecule has 3 N–H and O–H groups in total. The molecule has 0 fully saturated rings. The van der Waals surface area contributed by atoms with Crippen LogP contribution in [-0.4, -0.2) is 50.3 Å². The first-order valence-electron chi connectivity index (χ1n) is 5.52. The quantitative estimate of drug-likeness (QED) is 0.338. The van der Waals surface area contributed by atoms with Gasteiger partial charge >= 0.3 is 0 Å². The third-order valence-electron chi connectivity index (χ3n) is 2.37. The molecule has 0 aliphatic carbocycles. The summed E-state index contributed by atoms with van der Waals surface area (Å²) in [5.74, 6) is 1.20. The predicted molar refractivity (Wildman–Crippen MR) is 69.6 cm³/mol. The third kappa shape index (κ3) is 3.81. The number of hydrogen-bond donors (Lipinski definition) is 2. The molecule has 0 bridgehead atoms. The normalized spacial score (nSPS) is 11.7. The standard InChI is InChI=1S/C12H19N3O3/c1-15(2)6-7-18-11-8-9(17-3)4-5-10(11)12(13)14-16/h4-5,8,16H,6-7H2,1-3H3,(H2,13,14). The van der Waals surface area contributed by atoms with Crippen LogP contribution in [0.25, 0.3) is 0 Å². The Kier molecular flexibility index (Phi) is 5.26. The van der Waals surface area contributed by atoms with Gasteiger partial charge in [0.15, 0.2) is 5.84 Å². The molecule has 0 atom stereocenters. The fraction of sp³-hybridized carbons (Fsp3) is 0.417. The van der Waals surface area contributed by atoms with E-state index >= 15 is 0 Å². The second-order valence-corrected chi connectivity index (χ2v) is 4.00. The fourth-order valence-electron chi connectivity index (χ4n) is 1.35. The van der Waals surface area contributed by atoms with E-state index in [-0.39, 0.29) is 5.84 Å². The van der Waals surface area contributed by atoms with Crippen LogP contribution in [0.4, 0.5) is 0 Å². The number of nitrogens with zero attached hydrogens (tertiary/aromatic N) is 2. The van der Waals surface area contributed by atoms with Crippen LogP contribution in [0.3, 0.4) is 0 Å². The van der Waals surface area contributed by atoms with Gasteiger partial charge in [-0.1, -0.05) is 5.16 Å². The monoisotopic (exact) mass is 253 g/mol. The maximum atomic E-state index is 8.72. The van der Waals surface area contributed by atoms with Crippen LogP contribution in [-0.2, 0) is 0 Å². The number of methoxy groups -OCH3 is 1. The Morgan fingerprint density at radius 3 is 2.72 bits per heavy atom. The van der Waals surface area contributed by atoms with Gasteiger partial charge < -0.3 is 25.3 Å². The Labute approximate surface area is 107 Å². The number of likely N-dealkylation sites (N-methyl/N-ethyl adjacent to an activating group) is 1. The molecule has 0 aliphatic heterocycles. The van der Waals surface area contributed by atoms with E-state index in [1.165, 1.54) is 0 Å². The number of oxime groups is 1. The molecular formula is C12H19N3O3. The van der Waals surface area contributed by atoms with Crippen LogP contribution < -0.4 is 15.2 Å². The summed E-state index contributed by atoms with van der Waals surface area (Å²) in [6, 6.07) is 5.13. The first kappa shape index (κ1) is 14.1. The van der Waals surface area contributed by atoms with Crippen molar-refractivity contribution >= 4 is 5.84 Å². The van der Waals surface area contributed by atoms with Gasteiger partial charge in [0.2, 0.25) is 0 Å². The number of benzene rings is 1. The van der Waals surface area contributed by atoms with Crippen molar-refractivity contribution in [1.82, 2.24) is 4.90 Å². The van der Waals surface area contributed by atoms with Crippen LogP contribution in [0, 0.1) is 0 Å². The van der Waals surface area contributed by atoms with Crippen molar-refractivity contribution in [3.8, 4) is 11.5 Å². The van der Waals surface area contributed by atoms with Gasteiger partial charge in [0.1, 0.15) is 18.1 Å².